The molecule has 0 aliphatic heterocycles. The number of carbonyl (C=O) groups excluding carboxylic acids is 2. The smallest absolute Gasteiger partial charge is 0.347 e. The van der Waals surface area contributed by atoms with Gasteiger partial charge in [0.15, 0.2) is 6.10 Å². The van der Waals surface area contributed by atoms with Crippen LogP contribution in [0.25, 0.3) is 0 Å². The minimum atomic E-state index is -0.813. The second kappa shape index (κ2) is 17.4. The van der Waals surface area contributed by atoms with Gasteiger partial charge in [0.2, 0.25) is 0 Å². The summed E-state index contributed by atoms with van der Waals surface area (Å²) in [4.78, 5) is 23.3. The largest absolute Gasteiger partial charge is 0.460 e. The summed E-state index contributed by atoms with van der Waals surface area (Å²) in [5.41, 5.74) is 0. The monoisotopic (exact) mass is 370 g/mol. The molecule has 154 valence electrons. The number of unbranched alkanes of at least 4 members (excludes halogenated alkanes) is 12. The van der Waals surface area contributed by atoms with Crippen LogP contribution in [0.5, 0.6) is 0 Å². The normalized spacial score (nSPS) is 12.2. The van der Waals surface area contributed by atoms with Crippen LogP contribution >= 0.6 is 0 Å². The first kappa shape index (κ1) is 24.9. The predicted octanol–water partition coefficient (Wildman–Crippen LogP) is 6.35. The Balaban J connectivity index is 3.39. The van der Waals surface area contributed by atoms with Gasteiger partial charge >= 0.3 is 11.9 Å². The molecular formula is C22H42O4. The van der Waals surface area contributed by atoms with E-state index >= 15 is 0 Å². The van der Waals surface area contributed by atoms with Crippen molar-refractivity contribution in [1.82, 2.24) is 0 Å². The molecule has 0 bridgehead atoms. The van der Waals surface area contributed by atoms with Gasteiger partial charge in [-0.05, 0) is 27.2 Å². The van der Waals surface area contributed by atoms with Crippen LogP contribution < -0.4 is 0 Å². The Kier molecular flexibility index (Phi) is 16.7. The third kappa shape index (κ3) is 16.4. The molecule has 26 heavy (non-hydrogen) atoms. The number of hydrogen-bond donors (Lipinski definition) is 0. The summed E-state index contributed by atoms with van der Waals surface area (Å²) in [6, 6.07) is 0. The van der Waals surface area contributed by atoms with E-state index in [1.165, 1.54) is 70.6 Å². The Morgan fingerprint density at radius 3 is 1.50 bits per heavy atom. The summed E-state index contributed by atoms with van der Waals surface area (Å²) in [5.74, 6) is -0.778. The second-order valence-corrected chi connectivity index (χ2v) is 7.61. The molecule has 0 radical (unpaired) electrons. The lowest BCUT2D eigenvalue weighted by Crippen LogP contribution is -2.28. The highest BCUT2D eigenvalue weighted by atomic mass is 16.6. The van der Waals surface area contributed by atoms with Gasteiger partial charge in [0, 0.05) is 6.42 Å². The average molecular weight is 371 g/mol. The van der Waals surface area contributed by atoms with Gasteiger partial charge in [-0.2, -0.15) is 0 Å². The van der Waals surface area contributed by atoms with Crippen LogP contribution in [0.15, 0.2) is 0 Å². The first-order chi connectivity index (χ1) is 12.5. The molecule has 1 atom stereocenters. The van der Waals surface area contributed by atoms with Gasteiger partial charge in [0.25, 0.3) is 0 Å². The summed E-state index contributed by atoms with van der Waals surface area (Å²) in [7, 11) is 0. The van der Waals surface area contributed by atoms with Gasteiger partial charge in [-0.1, -0.05) is 84.0 Å². The maximum Gasteiger partial charge on any atom is 0.347 e. The van der Waals surface area contributed by atoms with Gasteiger partial charge in [-0.25, -0.2) is 4.79 Å². The molecule has 0 saturated carbocycles. The molecule has 1 unspecified atom stereocenters. The molecule has 0 aromatic rings. The molecule has 0 heterocycles. The highest BCUT2D eigenvalue weighted by molar-refractivity contribution is 5.79. The number of hydrogen-bond acceptors (Lipinski definition) is 4. The highest BCUT2D eigenvalue weighted by Gasteiger charge is 2.19. The van der Waals surface area contributed by atoms with Crippen molar-refractivity contribution in [3.63, 3.8) is 0 Å². The lowest BCUT2D eigenvalue weighted by Gasteiger charge is -2.14. The molecule has 0 spiro atoms. The Hall–Kier alpha value is -1.06. The Morgan fingerprint density at radius 1 is 0.654 bits per heavy atom. The van der Waals surface area contributed by atoms with Crippen LogP contribution in [-0.4, -0.2) is 24.1 Å². The molecule has 0 fully saturated rings. The lowest BCUT2D eigenvalue weighted by atomic mass is 10.0. The van der Waals surface area contributed by atoms with Gasteiger partial charge < -0.3 is 9.47 Å². The van der Waals surface area contributed by atoms with E-state index in [2.05, 4.69) is 6.92 Å². The minimum absolute atomic E-state index is 0.190. The Morgan fingerprint density at radius 2 is 1.08 bits per heavy atom. The fourth-order valence-corrected chi connectivity index (χ4v) is 2.92. The summed E-state index contributed by atoms with van der Waals surface area (Å²) in [6.07, 6.45) is 16.0. The zero-order valence-corrected chi connectivity index (χ0v) is 17.7. The third-order valence-corrected chi connectivity index (χ3v) is 4.48. The van der Waals surface area contributed by atoms with Crippen molar-refractivity contribution in [2.45, 2.75) is 130 Å². The third-order valence-electron chi connectivity index (χ3n) is 4.48. The Bertz CT molecular complexity index is 352. The van der Waals surface area contributed by atoms with E-state index < -0.39 is 12.1 Å². The van der Waals surface area contributed by atoms with Gasteiger partial charge in [0.1, 0.15) is 0 Å². The molecule has 0 aliphatic rings. The van der Waals surface area contributed by atoms with E-state index in [0.29, 0.717) is 6.42 Å². The molecule has 0 amide bonds. The summed E-state index contributed by atoms with van der Waals surface area (Å²) in [6.45, 7) is 7.37. The second-order valence-electron chi connectivity index (χ2n) is 7.61. The van der Waals surface area contributed by atoms with Crippen LogP contribution in [0.1, 0.15) is 118 Å². The Labute approximate surface area is 161 Å². The summed E-state index contributed by atoms with van der Waals surface area (Å²) >= 11 is 0. The zero-order chi connectivity index (χ0) is 19.6. The highest BCUT2D eigenvalue weighted by Crippen LogP contribution is 2.13. The molecule has 0 rings (SSSR count). The standard InChI is InChI=1S/C22H42O4/c1-5-6-7-8-9-10-11-12-13-14-15-16-17-18-21(23)26-20(4)22(24)25-19(2)3/h19-20H,5-18H2,1-4H3. The van der Waals surface area contributed by atoms with E-state index in [9.17, 15) is 9.59 Å². The van der Waals surface area contributed by atoms with E-state index in [0.717, 1.165) is 12.8 Å². The van der Waals surface area contributed by atoms with E-state index in [1.54, 1.807) is 20.8 Å². The van der Waals surface area contributed by atoms with Gasteiger partial charge in [-0.15, -0.1) is 0 Å². The van der Waals surface area contributed by atoms with Crippen molar-refractivity contribution >= 4 is 11.9 Å². The molecule has 0 aromatic carbocycles. The fraction of sp³-hybridized carbons (Fsp3) is 0.909. The molecule has 0 aromatic heterocycles. The average Bonchev–Trinajstić information content (AvgIpc) is 2.58. The van der Waals surface area contributed by atoms with Crippen LogP contribution in [0, 0.1) is 0 Å². The molecular weight excluding hydrogens is 328 g/mol. The lowest BCUT2D eigenvalue weighted by molar-refractivity contribution is -0.169. The molecule has 4 heteroatoms. The maximum absolute atomic E-state index is 11.7. The summed E-state index contributed by atoms with van der Waals surface area (Å²) in [5, 5.41) is 0. The predicted molar refractivity (Wildman–Crippen MR) is 107 cm³/mol. The summed E-state index contributed by atoms with van der Waals surface area (Å²) < 4.78 is 10.1. The number of ether oxygens (including phenoxy) is 2. The van der Waals surface area contributed by atoms with E-state index in [4.69, 9.17) is 9.47 Å². The number of rotatable bonds is 17. The van der Waals surface area contributed by atoms with Crippen LogP contribution in [0.3, 0.4) is 0 Å². The molecule has 0 saturated heterocycles. The van der Waals surface area contributed by atoms with Gasteiger partial charge in [0.05, 0.1) is 6.10 Å². The SMILES string of the molecule is CCCCCCCCCCCCCCCC(=O)OC(C)C(=O)OC(C)C. The zero-order valence-electron chi connectivity index (χ0n) is 17.7. The van der Waals surface area contributed by atoms with Crippen molar-refractivity contribution in [3.8, 4) is 0 Å². The number of esters is 2. The maximum atomic E-state index is 11.7. The first-order valence-electron chi connectivity index (χ1n) is 10.9. The van der Waals surface area contributed by atoms with E-state index in [-0.39, 0.29) is 12.1 Å². The fourth-order valence-electron chi connectivity index (χ4n) is 2.92. The van der Waals surface area contributed by atoms with Crippen LogP contribution in [-0.2, 0) is 19.1 Å². The van der Waals surface area contributed by atoms with Gasteiger partial charge in [-0.3, -0.25) is 4.79 Å². The quantitative estimate of drug-likeness (QED) is 0.221. The topological polar surface area (TPSA) is 52.6 Å². The first-order valence-corrected chi connectivity index (χ1v) is 10.9. The number of carbonyl (C=O) groups is 2. The van der Waals surface area contributed by atoms with Crippen molar-refractivity contribution in [1.29, 1.82) is 0 Å². The molecule has 0 N–H and O–H groups in total. The molecule has 0 aliphatic carbocycles. The van der Waals surface area contributed by atoms with E-state index in [1.807, 2.05) is 0 Å². The minimum Gasteiger partial charge on any atom is -0.460 e. The van der Waals surface area contributed by atoms with Crippen molar-refractivity contribution in [2.75, 3.05) is 0 Å². The van der Waals surface area contributed by atoms with Crippen molar-refractivity contribution < 1.29 is 19.1 Å². The van der Waals surface area contributed by atoms with Crippen molar-refractivity contribution in [3.05, 3.63) is 0 Å². The van der Waals surface area contributed by atoms with Crippen molar-refractivity contribution in [2.24, 2.45) is 0 Å². The van der Waals surface area contributed by atoms with Crippen LogP contribution in [0.2, 0.25) is 0 Å². The molecule has 4 nitrogen and oxygen atoms in total. The van der Waals surface area contributed by atoms with Crippen LogP contribution in [0.4, 0.5) is 0 Å².